The van der Waals surface area contributed by atoms with Crippen LogP contribution in [-0.2, 0) is 11.3 Å². The van der Waals surface area contributed by atoms with Crippen LogP contribution in [0.25, 0.3) is 0 Å². The average molecular weight is 362 g/mol. The Kier molecular flexibility index (Phi) is 6.11. The zero-order valence-electron chi connectivity index (χ0n) is 15.1. The van der Waals surface area contributed by atoms with Gasteiger partial charge in [-0.05, 0) is 30.5 Å². The number of hydrogen-bond donors (Lipinski definition) is 1. The second-order valence-electron chi connectivity index (χ2n) is 6.49. The summed E-state index contributed by atoms with van der Waals surface area (Å²) in [4.78, 5) is 26.6. The van der Waals surface area contributed by atoms with Crippen LogP contribution < -0.4 is 5.32 Å². The van der Waals surface area contributed by atoms with Crippen molar-refractivity contribution in [1.29, 1.82) is 0 Å². The molecule has 27 heavy (non-hydrogen) atoms. The molecule has 0 aromatic heterocycles. The fraction of sp³-hybridized carbons (Fsp3) is 0.273. The van der Waals surface area contributed by atoms with E-state index in [1.807, 2.05) is 36.4 Å². The summed E-state index contributed by atoms with van der Waals surface area (Å²) in [5.41, 5.74) is 2.03. The molecule has 1 unspecified atom stereocenters. The molecular weight excluding hydrogens is 340 g/mol. The SMILES string of the molecule is C#Cc1ccccc1C(=O)N1CCCC(NC(=O)OCc2ccccc2)C1. The molecule has 1 heterocycles. The first-order valence-electron chi connectivity index (χ1n) is 8.99. The smallest absolute Gasteiger partial charge is 0.407 e. The molecule has 2 amide bonds. The van der Waals surface area contributed by atoms with Gasteiger partial charge in [0.1, 0.15) is 6.61 Å². The predicted octanol–water partition coefficient (Wildman–Crippen LogP) is 3.20. The zero-order valence-corrected chi connectivity index (χ0v) is 15.1. The Balaban J connectivity index is 1.55. The number of carbonyl (C=O) groups excluding carboxylic acids is 2. The second kappa shape index (κ2) is 8.91. The molecule has 2 aromatic carbocycles. The van der Waals surface area contributed by atoms with E-state index in [4.69, 9.17) is 11.2 Å². The van der Waals surface area contributed by atoms with Gasteiger partial charge in [0.05, 0.1) is 5.56 Å². The van der Waals surface area contributed by atoms with E-state index in [0.717, 1.165) is 18.4 Å². The second-order valence-corrected chi connectivity index (χ2v) is 6.49. The van der Waals surface area contributed by atoms with Gasteiger partial charge in [0, 0.05) is 24.7 Å². The maximum Gasteiger partial charge on any atom is 0.407 e. The first-order valence-corrected chi connectivity index (χ1v) is 8.99. The summed E-state index contributed by atoms with van der Waals surface area (Å²) >= 11 is 0. The standard InChI is InChI=1S/C22H22N2O3/c1-2-18-11-6-7-13-20(18)21(25)24-14-8-12-19(15-24)23-22(26)27-16-17-9-4-3-5-10-17/h1,3-7,9-11,13,19H,8,12,14-16H2,(H,23,26). The third-order valence-corrected chi connectivity index (χ3v) is 4.56. The lowest BCUT2D eigenvalue weighted by Crippen LogP contribution is -2.49. The molecule has 3 rings (SSSR count). The molecule has 0 spiro atoms. The third kappa shape index (κ3) is 4.89. The van der Waals surface area contributed by atoms with Crippen LogP contribution in [0.2, 0.25) is 0 Å². The number of hydrogen-bond acceptors (Lipinski definition) is 3. The number of nitrogens with one attached hydrogen (secondary N) is 1. The lowest BCUT2D eigenvalue weighted by Gasteiger charge is -2.33. The summed E-state index contributed by atoms with van der Waals surface area (Å²) in [6, 6.07) is 16.5. The van der Waals surface area contributed by atoms with Gasteiger partial charge in [-0.2, -0.15) is 0 Å². The van der Waals surface area contributed by atoms with Crippen LogP contribution in [0, 0.1) is 12.3 Å². The predicted molar refractivity (Wildman–Crippen MR) is 103 cm³/mol. The number of ether oxygens (including phenoxy) is 1. The molecule has 1 aliphatic heterocycles. The van der Waals surface area contributed by atoms with E-state index in [2.05, 4.69) is 11.2 Å². The van der Waals surface area contributed by atoms with Crippen LogP contribution in [0.5, 0.6) is 0 Å². The van der Waals surface area contributed by atoms with Crippen LogP contribution >= 0.6 is 0 Å². The highest BCUT2D eigenvalue weighted by atomic mass is 16.5. The van der Waals surface area contributed by atoms with Crippen molar-refractivity contribution < 1.29 is 14.3 Å². The summed E-state index contributed by atoms with van der Waals surface area (Å²) in [5, 5.41) is 2.86. The first kappa shape index (κ1) is 18.5. The topological polar surface area (TPSA) is 58.6 Å². The van der Waals surface area contributed by atoms with Gasteiger partial charge in [-0.1, -0.05) is 48.4 Å². The number of rotatable bonds is 4. The van der Waals surface area contributed by atoms with Crippen molar-refractivity contribution in [2.75, 3.05) is 13.1 Å². The molecule has 138 valence electrons. The number of benzene rings is 2. The highest BCUT2D eigenvalue weighted by Crippen LogP contribution is 2.16. The first-order chi connectivity index (χ1) is 13.2. The molecule has 1 atom stereocenters. The van der Waals surface area contributed by atoms with Crippen LogP contribution in [0.1, 0.15) is 34.3 Å². The van der Waals surface area contributed by atoms with Crippen LogP contribution in [0.15, 0.2) is 54.6 Å². The summed E-state index contributed by atoms with van der Waals surface area (Å²) in [6.45, 7) is 1.31. The Hall–Kier alpha value is -3.26. The fourth-order valence-corrected chi connectivity index (χ4v) is 3.18. The number of piperidine rings is 1. The van der Waals surface area contributed by atoms with Crippen LogP contribution in [-0.4, -0.2) is 36.0 Å². The highest BCUT2D eigenvalue weighted by Gasteiger charge is 2.26. The minimum absolute atomic E-state index is 0.104. The molecule has 0 bridgehead atoms. The van der Waals surface area contributed by atoms with Crippen molar-refractivity contribution in [2.45, 2.75) is 25.5 Å². The Morgan fingerprint density at radius 3 is 2.67 bits per heavy atom. The Morgan fingerprint density at radius 2 is 1.89 bits per heavy atom. The lowest BCUT2D eigenvalue weighted by atomic mass is 10.0. The molecule has 5 heteroatoms. The van der Waals surface area contributed by atoms with E-state index in [0.29, 0.717) is 24.2 Å². The number of alkyl carbamates (subject to hydrolysis) is 1. The Labute approximate surface area is 159 Å². The number of carbonyl (C=O) groups is 2. The summed E-state index contributed by atoms with van der Waals surface area (Å²) < 4.78 is 5.27. The molecule has 0 radical (unpaired) electrons. The zero-order chi connectivity index (χ0) is 19.1. The molecule has 5 nitrogen and oxygen atoms in total. The van der Waals surface area contributed by atoms with Gasteiger partial charge >= 0.3 is 6.09 Å². The lowest BCUT2D eigenvalue weighted by molar-refractivity contribution is 0.0683. The maximum atomic E-state index is 12.8. The summed E-state index contributed by atoms with van der Waals surface area (Å²) in [7, 11) is 0. The van der Waals surface area contributed by atoms with Crippen molar-refractivity contribution in [3.8, 4) is 12.3 Å². The van der Waals surface area contributed by atoms with Gasteiger partial charge in [0.25, 0.3) is 5.91 Å². The van der Waals surface area contributed by atoms with Gasteiger partial charge in [-0.25, -0.2) is 4.79 Å². The minimum Gasteiger partial charge on any atom is -0.445 e. The maximum absolute atomic E-state index is 12.8. The molecule has 1 aliphatic rings. The minimum atomic E-state index is -0.470. The van der Waals surface area contributed by atoms with Crippen molar-refractivity contribution in [3.05, 3.63) is 71.3 Å². The Morgan fingerprint density at radius 1 is 1.15 bits per heavy atom. The molecule has 1 saturated heterocycles. The van der Waals surface area contributed by atoms with Crippen molar-refractivity contribution in [1.82, 2.24) is 10.2 Å². The molecule has 2 aromatic rings. The van der Waals surface area contributed by atoms with Crippen molar-refractivity contribution in [3.63, 3.8) is 0 Å². The van der Waals surface area contributed by atoms with Gasteiger partial charge < -0.3 is 15.0 Å². The monoisotopic (exact) mass is 362 g/mol. The highest BCUT2D eigenvalue weighted by molar-refractivity contribution is 5.96. The number of amides is 2. The van der Waals surface area contributed by atoms with Gasteiger partial charge in [-0.3, -0.25) is 4.79 Å². The molecule has 1 fully saturated rings. The van der Waals surface area contributed by atoms with Crippen molar-refractivity contribution in [2.24, 2.45) is 0 Å². The summed E-state index contributed by atoms with van der Waals surface area (Å²) in [5.74, 6) is 2.45. The van der Waals surface area contributed by atoms with E-state index in [1.165, 1.54) is 0 Å². The number of terminal acetylenes is 1. The number of nitrogens with zero attached hydrogens (tertiary/aromatic N) is 1. The molecule has 1 N–H and O–H groups in total. The van der Waals surface area contributed by atoms with Crippen LogP contribution in [0.4, 0.5) is 4.79 Å². The van der Waals surface area contributed by atoms with E-state index in [9.17, 15) is 9.59 Å². The summed E-state index contributed by atoms with van der Waals surface area (Å²) in [6.07, 6.45) is 6.65. The van der Waals surface area contributed by atoms with Gasteiger partial charge in [0.2, 0.25) is 0 Å². The van der Waals surface area contributed by atoms with Crippen LogP contribution in [0.3, 0.4) is 0 Å². The Bertz CT molecular complexity index is 842. The van der Waals surface area contributed by atoms with E-state index >= 15 is 0 Å². The molecule has 0 aliphatic carbocycles. The molecular formula is C22H22N2O3. The molecule has 0 saturated carbocycles. The van der Waals surface area contributed by atoms with Gasteiger partial charge in [0.15, 0.2) is 0 Å². The van der Waals surface area contributed by atoms with Gasteiger partial charge in [-0.15, -0.1) is 6.42 Å². The largest absolute Gasteiger partial charge is 0.445 e. The van der Waals surface area contributed by atoms with Crippen molar-refractivity contribution >= 4 is 12.0 Å². The fourth-order valence-electron chi connectivity index (χ4n) is 3.18. The van der Waals surface area contributed by atoms with E-state index < -0.39 is 6.09 Å². The quantitative estimate of drug-likeness (QED) is 0.850. The van der Waals surface area contributed by atoms with E-state index in [1.54, 1.807) is 23.1 Å². The third-order valence-electron chi connectivity index (χ3n) is 4.56. The van der Waals surface area contributed by atoms with E-state index in [-0.39, 0.29) is 18.6 Å². The number of likely N-dealkylation sites (tertiary alicyclic amines) is 1. The normalized spacial score (nSPS) is 16.3. The average Bonchev–Trinajstić information content (AvgIpc) is 2.72.